The lowest BCUT2D eigenvalue weighted by Gasteiger charge is -1.97. The number of halogens is 1. The molecule has 56 valence electrons. The summed E-state index contributed by atoms with van der Waals surface area (Å²) in [7, 11) is 1.91. The SMILES string of the molecule is CNCCn1cc(Cl)cn1. The summed E-state index contributed by atoms with van der Waals surface area (Å²) in [6, 6.07) is 0. The van der Waals surface area contributed by atoms with E-state index in [1.165, 1.54) is 0 Å². The quantitative estimate of drug-likeness (QED) is 0.706. The van der Waals surface area contributed by atoms with Crippen LogP contribution in [0.3, 0.4) is 0 Å². The highest BCUT2D eigenvalue weighted by molar-refractivity contribution is 6.30. The van der Waals surface area contributed by atoms with E-state index in [1.54, 1.807) is 17.1 Å². The fourth-order valence-electron chi connectivity index (χ4n) is 0.687. The number of hydrogen-bond acceptors (Lipinski definition) is 2. The van der Waals surface area contributed by atoms with Crippen LogP contribution in [0.25, 0.3) is 0 Å². The van der Waals surface area contributed by atoms with Gasteiger partial charge in [0.25, 0.3) is 0 Å². The third-order valence-corrected chi connectivity index (χ3v) is 1.39. The molecule has 3 nitrogen and oxygen atoms in total. The second kappa shape index (κ2) is 3.58. The Morgan fingerprint density at radius 1 is 1.80 bits per heavy atom. The normalized spacial score (nSPS) is 10.2. The molecule has 10 heavy (non-hydrogen) atoms. The van der Waals surface area contributed by atoms with E-state index >= 15 is 0 Å². The van der Waals surface area contributed by atoms with Gasteiger partial charge in [-0.15, -0.1) is 0 Å². The van der Waals surface area contributed by atoms with Gasteiger partial charge >= 0.3 is 0 Å². The van der Waals surface area contributed by atoms with Gasteiger partial charge in [0, 0.05) is 12.7 Å². The van der Waals surface area contributed by atoms with Crippen LogP contribution in [0, 0.1) is 0 Å². The maximum atomic E-state index is 5.64. The third kappa shape index (κ3) is 2.01. The predicted octanol–water partition coefficient (Wildman–Crippen LogP) is 0.756. The summed E-state index contributed by atoms with van der Waals surface area (Å²) in [5.74, 6) is 0. The molecule has 0 aliphatic carbocycles. The molecule has 0 radical (unpaired) electrons. The second-order valence-corrected chi connectivity index (χ2v) is 2.46. The van der Waals surface area contributed by atoms with Crippen LogP contribution in [0.2, 0.25) is 5.02 Å². The zero-order chi connectivity index (χ0) is 7.40. The maximum absolute atomic E-state index is 5.64. The van der Waals surface area contributed by atoms with Gasteiger partial charge in [0.2, 0.25) is 0 Å². The molecule has 0 saturated carbocycles. The number of aromatic nitrogens is 2. The fraction of sp³-hybridized carbons (Fsp3) is 0.500. The molecule has 1 heterocycles. The van der Waals surface area contributed by atoms with Crippen LogP contribution in [0.1, 0.15) is 0 Å². The topological polar surface area (TPSA) is 29.9 Å². The Hall–Kier alpha value is -0.540. The summed E-state index contributed by atoms with van der Waals surface area (Å²) < 4.78 is 1.80. The molecule has 1 rings (SSSR count). The molecule has 4 heteroatoms. The molecule has 1 aromatic heterocycles. The Bertz CT molecular complexity index is 197. The van der Waals surface area contributed by atoms with Crippen molar-refractivity contribution in [3.05, 3.63) is 17.4 Å². The first-order chi connectivity index (χ1) is 4.83. The van der Waals surface area contributed by atoms with Gasteiger partial charge in [0.15, 0.2) is 0 Å². The van der Waals surface area contributed by atoms with Gasteiger partial charge in [0.1, 0.15) is 0 Å². The minimum absolute atomic E-state index is 0.691. The molecule has 0 fully saturated rings. The molecule has 0 aliphatic rings. The van der Waals surface area contributed by atoms with Crippen LogP contribution in [0.4, 0.5) is 0 Å². The monoisotopic (exact) mass is 159 g/mol. The molecule has 1 aromatic rings. The van der Waals surface area contributed by atoms with Crippen molar-refractivity contribution < 1.29 is 0 Å². The lowest BCUT2D eigenvalue weighted by Crippen LogP contribution is -2.14. The molecule has 0 spiro atoms. The van der Waals surface area contributed by atoms with E-state index in [0.29, 0.717) is 5.02 Å². The van der Waals surface area contributed by atoms with Crippen LogP contribution in [0.5, 0.6) is 0 Å². The standard InChI is InChI=1S/C6H10ClN3/c1-8-2-3-10-5-6(7)4-9-10/h4-5,8H,2-3H2,1H3. The molecule has 0 atom stereocenters. The van der Waals surface area contributed by atoms with E-state index in [1.807, 2.05) is 7.05 Å². The number of likely N-dealkylation sites (N-methyl/N-ethyl adjacent to an activating group) is 1. The summed E-state index contributed by atoms with van der Waals surface area (Å²) in [5, 5.41) is 7.71. The van der Waals surface area contributed by atoms with Crippen LogP contribution in [-0.2, 0) is 6.54 Å². The van der Waals surface area contributed by atoms with Gasteiger partial charge in [-0.1, -0.05) is 11.6 Å². The average Bonchev–Trinajstić information content (AvgIpc) is 2.31. The van der Waals surface area contributed by atoms with Crippen LogP contribution in [0.15, 0.2) is 12.4 Å². The Kier molecular flexibility index (Phi) is 2.71. The highest BCUT2D eigenvalue weighted by Crippen LogP contribution is 2.03. The van der Waals surface area contributed by atoms with Crippen molar-refractivity contribution >= 4 is 11.6 Å². The van der Waals surface area contributed by atoms with Crippen molar-refractivity contribution in [3.8, 4) is 0 Å². The minimum atomic E-state index is 0.691. The van der Waals surface area contributed by atoms with Crippen molar-refractivity contribution in [2.75, 3.05) is 13.6 Å². The fourth-order valence-corrected chi connectivity index (χ4v) is 0.843. The minimum Gasteiger partial charge on any atom is -0.318 e. The van der Waals surface area contributed by atoms with Crippen molar-refractivity contribution in [2.45, 2.75) is 6.54 Å². The van der Waals surface area contributed by atoms with E-state index < -0.39 is 0 Å². The van der Waals surface area contributed by atoms with Crippen molar-refractivity contribution in [1.82, 2.24) is 15.1 Å². The highest BCUT2D eigenvalue weighted by atomic mass is 35.5. The van der Waals surface area contributed by atoms with E-state index in [-0.39, 0.29) is 0 Å². The number of hydrogen-bond donors (Lipinski definition) is 1. The van der Waals surface area contributed by atoms with Gasteiger partial charge in [0.05, 0.1) is 17.8 Å². The smallest absolute Gasteiger partial charge is 0.0785 e. The van der Waals surface area contributed by atoms with Gasteiger partial charge < -0.3 is 5.32 Å². The predicted molar refractivity (Wildman–Crippen MR) is 41.2 cm³/mol. The van der Waals surface area contributed by atoms with Gasteiger partial charge in [-0.3, -0.25) is 4.68 Å². The van der Waals surface area contributed by atoms with Crippen LogP contribution in [-0.4, -0.2) is 23.4 Å². The lowest BCUT2D eigenvalue weighted by molar-refractivity contribution is 0.585. The molecule has 0 amide bonds. The Labute approximate surface area is 65.0 Å². The molecule has 1 N–H and O–H groups in total. The summed E-state index contributed by atoms with van der Waals surface area (Å²) in [6.07, 6.45) is 3.44. The van der Waals surface area contributed by atoms with E-state index in [0.717, 1.165) is 13.1 Å². The first-order valence-electron chi connectivity index (χ1n) is 3.15. The Morgan fingerprint density at radius 2 is 2.60 bits per heavy atom. The van der Waals surface area contributed by atoms with Crippen molar-refractivity contribution in [2.24, 2.45) is 0 Å². The molecule has 0 bridgehead atoms. The molecule has 0 aliphatic heterocycles. The zero-order valence-electron chi connectivity index (χ0n) is 5.84. The summed E-state index contributed by atoms with van der Waals surface area (Å²) in [4.78, 5) is 0. The van der Waals surface area contributed by atoms with Gasteiger partial charge in [-0.2, -0.15) is 5.10 Å². The summed E-state index contributed by atoms with van der Waals surface area (Å²) in [6.45, 7) is 1.78. The van der Waals surface area contributed by atoms with Gasteiger partial charge in [-0.05, 0) is 7.05 Å². The zero-order valence-corrected chi connectivity index (χ0v) is 6.60. The largest absolute Gasteiger partial charge is 0.318 e. The van der Waals surface area contributed by atoms with E-state index in [4.69, 9.17) is 11.6 Å². The van der Waals surface area contributed by atoms with E-state index in [2.05, 4.69) is 10.4 Å². The van der Waals surface area contributed by atoms with E-state index in [9.17, 15) is 0 Å². The Balaban J connectivity index is 2.42. The number of nitrogens with zero attached hydrogens (tertiary/aromatic N) is 2. The first-order valence-corrected chi connectivity index (χ1v) is 3.53. The summed E-state index contributed by atoms with van der Waals surface area (Å²) >= 11 is 5.64. The maximum Gasteiger partial charge on any atom is 0.0785 e. The highest BCUT2D eigenvalue weighted by Gasteiger charge is 1.92. The summed E-state index contributed by atoms with van der Waals surface area (Å²) in [5.41, 5.74) is 0. The van der Waals surface area contributed by atoms with Crippen LogP contribution >= 0.6 is 11.6 Å². The van der Waals surface area contributed by atoms with Gasteiger partial charge in [-0.25, -0.2) is 0 Å². The van der Waals surface area contributed by atoms with Crippen molar-refractivity contribution in [1.29, 1.82) is 0 Å². The first kappa shape index (κ1) is 7.57. The Morgan fingerprint density at radius 3 is 3.10 bits per heavy atom. The molecule has 0 aromatic carbocycles. The molecule has 0 saturated heterocycles. The number of nitrogens with one attached hydrogen (secondary N) is 1. The molecular formula is C6H10ClN3. The second-order valence-electron chi connectivity index (χ2n) is 2.03. The number of rotatable bonds is 3. The van der Waals surface area contributed by atoms with Crippen LogP contribution < -0.4 is 5.32 Å². The lowest BCUT2D eigenvalue weighted by atomic mass is 10.6. The molecular weight excluding hydrogens is 150 g/mol. The average molecular weight is 160 g/mol. The molecule has 0 unspecified atom stereocenters. The third-order valence-electron chi connectivity index (χ3n) is 1.19. The van der Waals surface area contributed by atoms with Crippen molar-refractivity contribution in [3.63, 3.8) is 0 Å².